The summed E-state index contributed by atoms with van der Waals surface area (Å²) in [7, 11) is 2.57. The Morgan fingerprint density at radius 1 is 1.14 bits per heavy atom. The van der Waals surface area contributed by atoms with Crippen molar-refractivity contribution in [3.05, 3.63) is 0 Å². The summed E-state index contributed by atoms with van der Waals surface area (Å²) in [6.07, 6.45) is 0.914. The van der Waals surface area contributed by atoms with E-state index in [4.69, 9.17) is 4.74 Å². The number of fused-ring (bicyclic) bond motifs is 1. The Morgan fingerprint density at radius 3 is 2.33 bits per heavy atom. The zero-order valence-corrected chi connectivity index (χ0v) is 12.8. The average molecular weight is 298 g/mol. The second kappa shape index (κ2) is 5.91. The second-order valence-electron chi connectivity index (χ2n) is 5.94. The highest BCUT2D eigenvalue weighted by atomic mass is 16.5. The number of likely N-dealkylation sites (tertiary alicyclic amines) is 1. The van der Waals surface area contributed by atoms with Gasteiger partial charge in [0.25, 0.3) is 0 Å². The Bertz CT molecular complexity index is 451. The van der Waals surface area contributed by atoms with Crippen molar-refractivity contribution in [2.45, 2.75) is 44.8 Å². The quantitative estimate of drug-likeness (QED) is 0.765. The Hall–Kier alpha value is -1.79. The molecule has 2 rings (SSSR count). The number of carbonyl (C=O) groups excluding carboxylic acids is 3. The minimum atomic E-state index is -0.705. The SMILES string of the molecule is COC(=O)N[C@H](C(=O)N1C2CC2C[C@H]1C(=O)OC)C(C)C. The van der Waals surface area contributed by atoms with Crippen LogP contribution in [0.1, 0.15) is 26.7 Å². The molecule has 1 saturated carbocycles. The lowest BCUT2D eigenvalue weighted by molar-refractivity contribution is -0.153. The fourth-order valence-electron chi connectivity index (χ4n) is 2.98. The van der Waals surface area contributed by atoms with Gasteiger partial charge in [-0.1, -0.05) is 13.8 Å². The molecule has 0 radical (unpaired) electrons. The predicted molar refractivity (Wildman–Crippen MR) is 73.3 cm³/mol. The van der Waals surface area contributed by atoms with E-state index in [0.29, 0.717) is 12.3 Å². The summed E-state index contributed by atoms with van der Waals surface area (Å²) in [5, 5.41) is 2.55. The van der Waals surface area contributed by atoms with Crippen molar-refractivity contribution in [2.75, 3.05) is 14.2 Å². The number of rotatable bonds is 4. The van der Waals surface area contributed by atoms with Crippen molar-refractivity contribution >= 4 is 18.0 Å². The first-order chi connectivity index (χ1) is 9.90. The molecule has 2 fully saturated rings. The number of carbonyl (C=O) groups is 3. The monoisotopic (exact) mass is 298 g/mol. The molecular weight excluding hydrogens is 276 g/mol. The lowest BCUT2D eigenvalue weighted by Crippen LogP contribution is -2.55. The van der Waals surface area contributed by atoms with Crippen molar-refractivity contribution in [1.29, 1.82) is 0 Å². The summed E-state index contributed by atoms with van der Waals surface area (Å²) < 4.78 is 9.35. The van der Waals surface area contributed by atoms with Crippen LogP contribution >= 0.6 is 0 Å². The Morgan fingerprint density at radius 2 is 1.81 bits per heavy atom. The highest BCUT2D eigenvalue weighted by Crippen LogP contribution is 2.48. The Balaban J connectivity index is 2.14. The first kappa shape index (κ1) is 15.6. The van der Waals surface area contributed by atoms with Gasteiger partial charge in [-0.25, -0.2) is 9.59 Å². The molecule has 7 heteroatoms. The summed E-state index contributed by atoms with van der Waals surface area (Å²) >= 11 is 0. The van der Waals surface area contributed by atoms with Gasteiger partial charge < -0.3 is 19.7 Å². The number of esters is 1. The van der Waals surface area contributed by atoms with Crippen LogP contribution < -0.4 is 5.32 Å². The number of piperidine rings is 1. The standard InChI is InChI=1S/C14H22N2O5/c1-7(2)11(15-14(19)21-4)12(17)16-9-5-8(9)6-10(16)13(18)20-3/h7-11H,5-6H2,1-4H3,(H,15,19)/t8?,9?,10-,11-/m0/s1. The van der Waals surface area contributed by atoms with Crippen LogP contribution in [-0.2, 0) is 19.1 Å². The minimum Gasteiger partial charge on any atom is -0.467 e. The molecule has 1 aliphatic carbocycles. The van der Waals surface area contributed by atoms with Gasteiger partial charge >= 0.3 is 12.1 Å². The van der Waals surface area contributed by atoms with E-state index in [9.17, 15) is 14.4 Å². The van der Waals surface area contributed by atoms with Crippen LogP contribution in [0.5, 0.6) is 0 Å². The molecule has 1 heterocycles. The molecule has 118 valence electrons. The molecule has 0 aromatic carbocycles. The first-order valence-corrected chi connectivity index (χ1v) is 7.15. The van der Waals surface area contributed by atoms with Crippen LogP contribution in [0.4, 0.5) is 4.79 Å². The van der Waals surface area contributed by atoms with Gasteiger partial charge in [0.15, 0.2) is 0 Å². The van der Waals surface area contributed by atoms with Gasteiger partial charge in [0.2, 0.25) is 5.91 Å². The van der Waals surface area contributed by atoms with Crippen molar-refractivity contribution in [1.82, 2.24) is 10.2 Å². The lowest BCUT2D eigenvalue weighted by atomic mass is 10.0. The zero-order valence-electron chi connectivity index (χ0n) is 12.8. The maximum Gasteiger partial charge on any atom is 0.407 e. The van der Waals surface area contributed by atoms with Crippen LogP contribution in [0.15, 0.2) is 0 Å². The van der Waals surface area contributed by atoms with Gasteiger partial charge in [0.05, 0.1) is 14.2 Å². The molecule has 2 aliphatic rings. The van der Waals surface area contributed by atoms with Gasteiger partial charge in [-0.2, -0.15) is 0 Å². The number of alkyl carbamates (subject to hydrolysis) is 1. The zero-order chi connectivity index (χ0) is 15.7. The van der Waals surface area contributed by atoms with Crippen molar-refractivity contribution in [3.63, 3.8) is 0 Å². The van der Waals surface area contributed by atoms with Gasteiger partial charge in [0.1, 0.15) is 12.1 Å². The summed E-state index contributed by atoms with van der Waals surface area (Å²) in [6, 6.07) is -1.14. The Kier molecular flexibility index (Phi) is 4.39. The number of amides is 2. The van der Waals surface area contributed by atoms with E-state index in [1.54, 1.807) is 4.90 Å². The van der Waals surface area contributed by atoms with Crippen LogP contribution in [0.25, 0.3) is 0 Å². The van der Waals surface area contributed by atoms with Gasteiger partial charge in [-0.3, -0.25) is 4.79 Å². The molecule has 2 amide bonds. The Labute approximate surface area is 123 Å². The van der Waals surface area contributed by atoms with Gasteiger partial charge in [0, 0.05) is 6.04 Å². The molecule has 1 aliphatic heterocycles. The summed E-state index contributed by atoms with van der Waals surface area (Å²) in [5.41, 5.74) is 0. The third kappa shape index (κ3) is 2.96. The minimum absolute atomic E-state index is 0.0993. The highest BCUT2D eigenvalue weighted by molar-refractivity contribution is 5.91. The van der Waals surface area contributed by atoms with Gasteiger partial charge in [-0.05, 0) is 24.7 Å². The van der Waals surface area contributed by atoms with Crippen molar-refractivity contribution in [3.8, 4) is 0 Å². The van der Waals surface area contributed by atoms with E-state index in [0.717, 1.165) is 6.42 Å². The fourth-order valence-corrected chi connectivity index (χ4v) is 2.98. The molecule has 4 atom stereocenters. The smallest absolute Gasteiger partial charge is 0.407 e. The molecular formula is C14H22N2O5. The number of nitrogens with one attached hydrogen (secondary N) is 1. The third-order valence-electron chi connectivity index (χ3n) is 4.22. The highest BCUT2D eigenvalue weighted by Gasteiger charge is 2.57. The van der Waals surface area contributed by atoms with E-state index in [1.807, 2.05) is 13.8 Å². The second-order valence-corrected chi connectivity index (χ2v) is 5.94. The number of ether oxygens (including phenoxy) is 2. The number of methoxy groups -OCH3 is 2. The van der Waals surface area contributed by atoms with E-state index in [-0.39, 0.29) is 17.9 Å². The van der Waals surface area contributed by atoms with Crippen LogP contribution in [0, 0.1) is 11.8 Å². The molecule has 0 aromatic rings. The van der Waals surface area contributed by atoms with E-state index < -0.39 is 24.1 Å². The maximum atomic E-state index is 12.8. The predicted octanol–water partition coefficient (Wildman–Crippen LogP) is 0.529. The largest absolute Gasteiger partial charge is 0.467 e. The molecule has 0 spiro atoms. The third-order valence-corrected chi connectivity index (χ3v) is 4.22. The number of hydrogen-bond donors (Lipinski definition) is 1. The van der Waals surface area contributed by atoms with E-state index >= 15 is 0 Å². The first-order valence-electron chi connectivity index (χ1n) is 7.15. The summed E-state index contributed by atoms with van der Waals surface area (Å²) in [5.74, 6) is -0.358. The molecule has 2 unspecified atom stereocenters. The van der Waals surface area contributed by atoms with Crippen LogP contribution in [-0.4, -0.2) is 55.2 Å². The van der Waals surface area contributed by atoms with Crippen LogP contribution in [0.2, 0.25) is 0 Å². The normalized spacial score (nSPS) is 27.9. The summed E-state index contributed by atoms with van der Waals surface area (Å²) in [6.45, 7) is 3.68. The number of hydrogen-bond acceptors (Lipinski definition) is 5. The topological polar surface area (TPSA) is 84.9 Å². The molecule has 0 bridgehead atoms. The molecule has 1 saturated heterocycles. The number of nitrogens with zero attached hydrogens (tertiary/aromatic N) is 1. The van der Waals surface area contributed by atoms with Gasteiger partial charge in [-0.15, -0.1) is 0 Å². The fraction of sp³-hybridized carbons (Fsp3) is 0.786. The average Bonchev–Trinajstić information content (AvgIpc) is 3.12. The lowest BCUT2D eigenvalue weighted by Gasteiger charge is -2.31. The maximum absolute atomic E-state index is 12.8. The van der Waals surface area contributed by atoms with Crippen molar-refractivity contribution in [2.24, 2.45) is 11.8 Å². The molecule has 1 N–H and O–H groups in total. The molecule has 7 nitrogen and oxygen atoms in total. The molecule has 0 aromatic heterocycles. The van der Waals surface area contributed by atoms with E-state index in [2.05, 4.69) is 10.1 Å². The van der Waals surface area contributed by atoms with E-state index in [1.165, 1.54) is 14.2 Å². The van der Waals surface area contributed by atoms with Crippen LogP contribution in [0.3, 0.4) is 0 Å². The van der Waals surface area contributed by atoms with Crippen molar-refractivity contribution < 1.29 is 23.9 Å². The summed E-state index contributed by atoms with van der Waals surface area (Å²) in [4.78, 5) is 37.6. The molecule has 21 heavy (non-hydrogen) atoms.